The van der Waals surface area contributed by atoms with Crippen LogP contribution >= 0.6 is 0 Å². The Labute approximate surface area is 121 Å². The standard InChI is InChI=1S/C15H15N5O/c1-9-3-4-11(10(2)5-9)12(21)6-20-8-19-13-14(16)17-7-18-15(13)20/h3-5,7-8H,6H2,1-2H3,(H2,16,17,18). The number of hydrogen-bond acceptors (Lipinski definition) is 5. The first-order valence-corrected chi connectivity index (χ1v) is 6.58. The number of carbonyl (C=O) groups is 1. The minimum Gasteiger partial charge on any atom is -0.382 e. The third-order valence-electron chi connectivity index (χ3n) is 3.43. The SMILES string of the molecule is Cc1ccc(C(=O)Cn2cnc3c(N)ncnc32)c(C)c1. The average Bonchev–Trinajstić information content (AvgIpc) is 2.83. The predicted octanol–water partition coefficient (Wildman–Crippen LogP) is 1.91. The van der Waals surface area contributed by atoms with E-state index < -0.39 is 0 Å². The molecule has 2 N–H and O–H groups in total. The molecule has 0 aliphatic carbocycles. The number of rotatable bonds is 3. The Morgan fingerprint density at radius 2 is 2.05 bits per heavy atom. The molecule has 1 aromatic carbocycles. The van der Waals surface area contributed by atoms with Gasteiger partial charge in [-0.1, -0.05) is 23.8 Å². The van der Waals surface area contributed by atoms with Gasteiger partial charge in [-0.15, -0.1) is 0 Å². The second-order valence-electron chi connectivity index (χ2n) is 5.05. The van der Waals surface area contributed by atoms with Gasteiger partial charge >= 0.3 is 0 Å². The molecule has 0 spiro atoms. The van der Waals surface area contributed by atoms with Crippen LogP contribution < -0.4 is 5.73 Å². The second-order valence-corrected chi connectivity index (χ2v) is 5.05. The summed E-state index contributed by atoms with van der Waals surface area (Å²) in [4.78, 5) is 24.6. The zero-order valence-corrected chi connectivity index (χ0v) is 11.9. The molecule has 0 bridgehead atoms. The van der Waals surface area contributed by atoms with Gasteiger partial charge in [0.25, 0.3) is 0 Å². The summed E-state index contributed by atoms with van der Waals surface area (Å²) < 4.78 is 1.69. The van der Waals surface area contributed by atoms with Crippen molar-refractivity contribution in [3.63, 3.8) is 0 Å². The second kappa shape index (κ2) is 4.97. The third-order valence-corrected chi connectivity index (χ3v) is 3.43. The monoisotopic (exact) mass is 281 g/mol. The number of nitrogens with two attached hydrogens (primary N) is 1. The molecule has 3 rings (SSSR count). The number of anilines is 1. The van der Waals surface area contributed by atoms with Crippen molar-refractivity contribution in [2.45, 2.75) is 20.4 Å². The van der Waals surface area contributed by atoms with Crippen molar-refractivity contribution < 1.29 is 4.79 Å². The van der Waals surface area contributed by atoms with Gasteiger partial charge in [0.1, 0.15) is 11.8 Å². The first-order chi connectivity index (χ1) is 10.1. The van der Waals surface area contributed by atoms with Gasteiger partial charge in [0.2, 0.25) is 0 Å². The topological polar surface area (TPSA) is 86.7 Å². The molecule has 2 heterocycles. The van der Waals surface area contributed by atoms with Crippen LogP contribution in [0.5, 0.6) is 0 Å². The lowest BCUT2D eigenvalue weighted by atomic mass is 10.0. The zero-order chi connectivity index (χ0) is 15.0. The number of ketones is 1. The lowest BCUT2D eigenvalue weighted by Gasteiger charge is -2.07. The maximum atomic E-state index is 12.4. The summed E-state index contributed by atoms with van der Waals surface area (Å²) >= 11 is 0. The fourth-order valence-electron chi connectivity index (χ4n) is 2.38. The number of fused-ring (bicyclic) bond motifs is 1. The Hall–Kier alpha value is -2.76. The van der Waals surface area contributed by atoms with E-state index >= 15 is 0 Å². The molecule has 6 heteroatoms. The van der Waals surface area contributed by atoms with E-state index in [9.17, 15) is 4.79 Å². The predicted molar refractivity (Wildman–Crippen MR) is 80.0 cm³/mol. The van der Waals surface area contributed by atoms with Gasteiger partial charge in [-0.2, -0.15) is 0 Å². The van der Waals surface area contributed by atoms with E-state index in [2.05, 4.69) is 15.0 Å². The van der Waals surface area contributed by atoms with Crippen LogP contribution in [0.15, 0.2) is 30.9 Å². The Morgan fingerprint density at radius 3 is 2.81 bits per heavy atom. The van der Waals surface area contributed by atoms with Crippen molar-refractivity contribution in [2.75, 3.05) is 5.73 Å². The quantitative estimate of drug-likeness (QED) is 0.741. The number of aryl methyl sites for hydroxylation is 2. The molecule has 0 amide bonds. The van der Waals surface area contributed by atoms with Crippen LogP contribution in [0.3, 0.4) is 0 Å². The van der Waals surface area contributed by atoms with Crippen LogP contribution in [-0.4, -0.2) is 25.3 Å². The molecule has 106 valence electrons. The third kappa shape index (κ3) is 2.35. The number of benzene rings is 1. The Bertz CT molecular complexity index is 837. The molecule has 2 aromatic heterocycles. The van der Waals surface area contributed by atoms with E-state index in [0.717, 1.165) is 11.1 Å². The van der Waals surface area contributed by atoms with Crippen molar-refractivity contribution in [3.8, 4) is 0 Å². The molecular formula is C15H15N5O. The first kappa shape index (κ1) is 13.2. The highest BCUT2D eigenvalue weighted by Crippen LogP contribution is 2.16. The summed E-state index contributed by atoms with van der Waals surface area (Å²) in [6.45, 7) is 4.12. The number of Topliss-reactive ketones (excluding diaryl/α,β-unsaturated/α-hetero) is 1. The minimum atomic E-state index is 0.0176. The molecule has 0 atom stereocenters. The van der Waals surface area contributed by atoms with E-state index in [1.807, 2.05) is 32.0 Å². The van der Waals surface area contributed by atoms with E-state index in [-0.39, 0.29) is 12.3 Å². The van der Waals surface area contributed by atoms with E-state index in [1.54, 1.807) is 10.9 Å². The summed E-state index contributed by atoms with van der Waals surface area (Å²) in [6.07, 6.45) is 2.94. The van der Waals surface area contributed by atoms with E-state index in [4.69, 9.17) is 5.73 Å². The van der Waals surface area contributed by atoms with E-state index in [0.29, 0.717) is 22.5 Å². The normalized spacial score (nSPS) is 11.0. The summed E-state index contributed by atoms with van der Waals surface area (Å²) in [5.74, 6) is 0.335. The molecule has 0 aliphatic rings. The maximum absolute atomic E-state index is 12.4. The van der Waals surface area contributed by atoms with Crippen LogP contribution in [0.2, 0.25) is 0 Å². The lowest BCUT2D eigenvalue weighted by molar-refractivity contribution is 0.0972. The summed E-state index contributed by atoms with van der Waals surface area (Å²) in [5, 5.41) is 0. The first-order valence-electron chi connectivity index (χ1n) is 6.58. The fourth-order valence-corrected chi connectivity index (χ4v) is 2.38. The highest BCUT2D eigenvalue weighted by molar-refractivity contribution is 5.98. The van der Waals surface area contributed by atoms with Gasteiger partial charge in [0.15, 0.2) is 17.2 Å². The molecule has 3 aromatic rings. The van der Waals surface area contributed by atoms with Crippen LogP contribution in [0.4, 0.5) is 5.82 Å². The van der Waals surface area contributed by atoms with Crippen LogP contribution in [0, 0.1) is 13.8 Å². The molecular weight excluding hydrogens is 266 g/mol. The number of aromatic nitrogens is 4. The number of hydrogen-bond donors (Lipinski definition) is 1. The van der Waals surface area contributed by atoms with Gasteiger partial charge in [0, 0.05) is 5.56 Å². The van der Waals surface area contributed by atoms with Crippen LogP contribution in [-0.2, 0) is 6.54 Å². The van der Waals surface area contributed by atoms with Gasteiger partial charge in [0.05, 0.1) is 12.9 Å². The fraction of sp³-hybridized carbons (Fsp3) is 0.200. The minimum absolute atomic E-state index is 0.0176. The summed E-state index contributed by atoms with van der Waals surface area (Å²) in [6, 6.07) is 5.79. The molecule has 0 unspecified atom stereocenters. The van der Waals surface area contributed by atoms with Crippen LogP contribution in [0.1, 0.15) is 21.5 Å². The number of carbonyl (C=O) groups excluding carboxylic acids is 1. The molecule has 0 aliphatic heterocycles. The number of imidazole rings is 1. The van der Waals surface area contributed by atoms with Crippen molar-refractivity contribution in [2.24, 2.45) is 0 Å². The molecule has 0 saturated heterocycles. The average molecular weight is 281 g/mol. The van der Waals surface area contributed by atoms with Crippen molar-refractivity contribution in [1.82, 2.24) is 19.5 Å². The van der Waals surface area contributed by atoms with Crippen molar-refractivity contribution in [1.29, 1.82) is 0 Å². The summed E-state index contributed by atoms with van der Waals surface area (Å²) in [5.41, 5.74) is 9.65. The van der Waals surface area contributed by atoms with Crippen molar-refractivity contribution >= 4 is 22.8 Å². The van der Waals surface area contributed by atoms with Gasteiger partial charge in [-0.05, 0) is 19.4 Å². The number of nitrogens with zero attached hydrogens (tertiary/aromatic N) is 4. The number of nitrogen functional groups attached to an aromatic ring is 1. The Balaban J connectivity index is 1.95. The molecule has 21 heavy (non-hydrogen) atoms. The summed E-state index contributed by atoms with van der Waals surface area (Å²) in [7, 11) is 0. The molecule has 0 fully saturated rings. The largest absolute Gasteiger partial charge is 0.382 e. The molecule has 6 nitrogen and oxygen atoms in total. The van der Waals surface area contributed by atoms with Gasteiger partial charge in [-0.3, -0.25) is 4.79 Å². The van der Waals surface area contributed by atoms with Gasteiger partial charge in [-0.25, -0.2) is 15.0 Å². The van der Waals surface area contributed by atoms with E-state index in [1.165, 1.54) is 6.33 Å². The lowest BCUT2D eigenvalue weighted by Crippen LogP contribution is -2.11. The molecule has 0 saturated carbocycles. The van der Waals surface area contributed by atoms with Crippen molar-refractivity contribution in [3.05, 3.63) is 47.5 Å². The Morgan fingerprint density at radius 1 is 1.24 bits per heavy atom. The highest BCUT2D eigenvalue weighted by atomic mass is 16.1. The maximum Gasteiger partial charge on any atom is 0.182 e. The zero-order valence-electron chi connectivity index (χ0n) is 11.9. The van der Waals surface area contributed by atoms with Crippen LogP contribution in [0.25, 0.3) is 11.2 Å². The Kier molecular flexibility index (Phi) is 3.13. The smallest absolute Gasteiger partial charge is 0.182 e. The molecule has 0 radical (unpaired) electrons. The highest BCUT2D eigenvalue weighted by Gasteiger charge is 2.13. The van der Waals surface area contributed by atoms with Gasteiger partial charge < -0.3 is 10.3 Å².